The summed E-state index contributed by atoms with van der Waals surface area (Å²) in [4.78, 5) is 11.1. The summed E-state index contributed by atoms with van der Waals surface area (Å²) < 4.78 is 0.999. The normalized spacial score (nSPS) is 10.1. The fourth-order valence-electron chi connectivity index (χ4n) is 1.73. The second-order valence-corrected chi connectivity index (χ2v) is 5.05. The molecule has 0 aliphatic rings. The first-order chi connectivity index (χ1) is 8.59. The Kier molecular flexibility index (Phi) is 3.86. The van der Waals surface area contributed by atoms with E-state index in [0.29, 0.717) is 5.56 Å². The molecule has 2 aromatic rings. The molecule has 92 valence electrons. The van der Waals surface area contributed by atoms with E-state index in [4.69, 9.17) is 5.11 Å². The Hall–Kier alpha value is -1.56. The van der Waals surface area contributed by atoms with E-state index in [1.165, 1.54) is 0 Å². The van der Waals surface area contributed by atoms with E-state index in [9.17, 15) is 4.79 Å². The number of hydrogen-bond donors (Lipinski definition) is 2. The predicted octanol–water partition coefficient (Wildman–Crippen LogP) is 4.04. The van der Waals surface area contributed by atoms with Crippen molar-refractivity contribution in [3.05, 3.63) is 57.2 Å². The average Bonchev–Trinajstić information content (AvgIpc) is 2.35. The highest BCUT2D eigenvalue weighted by molar-refractivity contribution is 14.1. The minimum atomic E-state index is -0.903. The lowest BCUT2D eigenvalue weighted by molar-refractivity contribution is 0.0696. The highest BCUT2D eigenvalue weighted by atomic mass is 127. The molecule has 0 saturated heterocycles. The van der Waals surface area contributed by atoms with Crippen LogP contribution < -0.4 is 5.32 Å². The van der Waals surface area contributed by atoms with Crippen LogP contribution in [0, 0.1) is 10.5 Å². The molecular formula is C14H12INO2. The third-order valence-corrected chi connectivity index (χ3v) is 3.59. The number of carboxylic acids is 1. The molecule has 2 N–H and O–H groups in total. The molecule has 0 aromatic heterocycles. The lowest BCUT2D eigenvalue weighted by atomic mass is 10.1. The van der Waals surface area contributed by atoms with Gasteiger partial charge in [-0.15, -0.1) is 0 Å². The van der Waals surface area contributed by atoms with Crippen LogP contribution in [0.1, 0.15) is 15.9 Å². The van der Waals surface area contributed by atoms with Gasteiger partial charge < -0.3 is 10.4 Å². The van der Waals surface area contributed by atoms with Crippen molar-refractivity contribution in [3.63, 3.8) is 0 Å². The number of halogens is 1. The number of rotatable bonds is 3. The Balaban J connectivity index is 2.44. The van der Waals surface area contributed by atoms with E-state index >= 15 is 0 Å². The van der Waals surface area contributed by atoms with Gasteiger partial charge in [0.05, 0.1) is 11.3 Å². The van der Waals surface area contributed by atoms with Crippen LogP contribution in [0.4, 0.5) is 11.4 Å². The molecule has 0 unspecified atom stereocenters. The lowest BCUT2D eigenvalue weighted by Gasteiger charge is -2.13. The number of nitrogens with one attached hydrogen (secondary N) is 1. The molecule has 0 heterocycles. The molecule has 2 rings (SSSR count). The van der Waals surface area contributed by atoms with Gasteiger partial charge in [-0.05, 0) is 59.3 Å². The number of carboxylic acid groups (broad SMARTS) is 1. The van der Waals surface area contributed by atoms with Gasteiger partial charge in [0.25, 0.3) is 0 Å². The van der Waals surface area contributed by atoms with Crippen LogP contribution >= 0.6 is 22.6 Å². The van der Waals surface area contributed by atoms with Gasteiger partial charge in [-0.25, -0.2) is 4.79 Å². The van der Waals surface area contributed by atoms with Crippen molar-refractivity contribution in [1.82, 2.24) is 0 Å². The summed E-state index contributed by atoms with van der Waals surface area (Å²) in [7, 11) is 0. The Morgan fingerprint density at radius 3 is 2.44 bits per heavy atom. The van der Waals surface area contributed by atoms with E-state index in [1.54, 1.807) is 6.07 Å². The molecule has 0 bridgehead atoms. The zero-order valence-electron chi connectivity index (χ0n) is 9.77. The standard InChI is InChI=1S/C14H12INO2/c1-9-11(14(17)18)7-8-12(15)13(9)16-10-5-3-2-4-6-10/h2-8,16H,1H3,(H,17,18). The van der Waals surface area contributed by atoms with Crippen molar-refractivity contribution in [2.45, 2.75) is 6.92 Å². The quantitative estimate of drug-likeness (QED) is 0.819. The van der Waals surface area contributed by atoms with Crippen LogP contribution in [0.2, 0.25) is 0 Å². The van der Waals surface area contributed by atoms with Gasteiger partial charge in [0.1, 0.15) is 0 Å². The second kappa shape index (κ2) is 5.39. The first-order valence-electron chi connectivity index (χ1n) is 5.44. The van der Waals surface area contributed by atoms with E-state index in [-0.39, 0.29) is 0 Å². The maximum atomic E-state index is 11.1. The molecule has 0 aliphatic heterocycles. The van der Waals surface area contributed by atoms with Crippen LogP contribution in [-0.2, 0) is 0 Å². The Morgan fingerprint density at radius 2 is 1.83 bits per heavy atom. The maximum Gasteiger partial charge on any atom is 0.336 e. The van der Waals surface area contributed by atoms with E-state index in [1.807, 2.05) is 43.3 Å². The molecular weight excluding hydrogens is 341 g/mol. The van der Waals surface area contributed by atoms with Crippen LogP contribution in [0.25, 0.3) is 0 Å². The Labute approximate surface area is 119 Å². The van der Waals surface area contributed by atoms with Crippen molar-refractivity contribution in [1.29, 1.82) is 0 Å². The summed E-state index contributed by atoms with van der Waals surface area (Å²) in [6.45, 7) is 1.82. The van der Waals surface area contributed by atoms with Crippen molar-refractivity contribution in [3.8, 4) is 0 Å². The molecule has 0 radical (unpaired) electrons. The zero-order chi connectivity index (χ0) is 13.1. The topological polar surface area (TPSA) is 49.3 Å². The maximum absolute atomic E-state index is 11.1. The summed E-state index contributed by atoms with van der Waals surface area (Å²) in [5.74, 6) is -0.903. The molecule has 4 heteroatoms. The van der Waals surface area contributed by atoms with Gasteiger partial charge in [-0.2, -0.15) is 0 Å². The molecule has 0 saturated carbocycles. The molecule has 2 aromatic carbocycles. The van der Waals surface area contributed by atoms with Crippen LogP contribution in [0.5, 0.6) is 0 Å². The van der Waals surface area contributed by atoms with Crippen molar-refractivity contribution < 1.29 is 9.90 Å². The monoisotopic (exact) mass is 353 g/mol. The summed E-state index contributed by atoms with van der Waals surface area (Å²) in [5, 5.41) is 12.4. The third kappa shape index (κ3) is 2.64. The minimum absolute atomic E-state index is 0.328. The van der Waals surface area contributed by atoms with Gasteiger partial charge in [0.15, 0.2) is 0 Å². The minimum Gasteiger partial charge on any atom is -0.478 e. The lowest BCUT2D eigenvalue weighted by Crippen LogP contribution is -2.04. The largest absolute Gasteiger partial charge is 0.478 e. The van der Waals surface area contributed by atoms with Crippen LogP contribution in [0.15, 0.2) is 42.5 Å². The van der Waals surface area contributed by atoms with Crippen molar-refractivity contribution >= 4 is 39.9 Å². The van der Waals surface area contributed by atoms with Gasteiger partial charge in [0.2, 0.25) is 0 Å². The number of aromatic carboxylic acids is 1. The molecule has 0 amide bonds. The molecule has 3 nitrogen and oxygen atoms in total. The molecule has 0 atom stereocenters. The number of benzene rings is 2. The van der Waals surface area contributed by atoms with Gasteiger partial charge in [-0.3, -0.25) is 0 Å². The SMILES string of the molecule is Cc1c(C(=O)O)ccc(I)c1Nc1ccccc1. The fraction of sp³-hybridized carbons (Fsp3) is 0.0714. The van der Waals surface area contributed by atoms with Crippen molar-refractivity contribution in [2.75, 3.05) is 5.32 Å². The average molecular weight is 353 g/mol. The molecule has 0 spiro atoms. The van der Waals surface area contributed by atoms with Gasteiger partial charge >= 0.3 is 5.97 Å². The fourth-order valence-corrected chi connectivity index (χ4v) is 2.45. The van der Waals surface area contributed by atoms with Crippen LogP contribution in [-0.4, -0.2) is 11.1 Å². The highest BCUT2D eigenvalue weighted by Crippen LogP contribution is 2.28. The molecule has 18 heavy (non-hydrogen) atoms. The number of hydrogen-bond acceptors (Lipinski definition) is 2. The Morgan fingerprint density at radius 1 is 1.17 bits per heavy atom. The van der Waals surface area contributed by atoms with E-state index < -0.39 is 5.97 Å². The highest BCUT2D eigenvalue weighted by Gasteiger charge is 2.13. The predicted molar refractivity (Wildman–Crippen MR) is 80.6 cm³/mol. The third-order valence-electron chi connectivity index (χ3n) is 2.69. The molecule has 0 aliphatic carbocycles. The summed E-state index contributed by atoms with van der Waals surface area (Å²) in [6.07, 6.45) is 0. The summed E-state index contributed by atoms with van der Waals surface area (Å²) >= 11 is 2.20. The van der Waals surface area contributed by atoms with Crippen molar-refractivity contribution in [2.24, 2.45) is 0 Å². The first-order valence-corrected chi connectivity index (χ1v) is 6.52. The van der Waals surface area contributed by atoms with E-state index in [2.05, 4.69) is 27.9 Å². The number of anilines is 2. The summed E-state index contributed by atoms with van der Waals surface area (Å²) in [5.41, 5.74) is 2.87. The first kappa shape index (κ1) is 12.9. The number of para-hydroxylation sites is 1. The van der Waals surface area contributed by atoms with Crippen LogP contribution in [0.3, 0.4) is 0 Å². The van der Waals surface area contributed by atoms with E-state index in [0.717, 1.165) is 20.5 Å². The number of carbonyl (C=O) groups is 1. The zero-order valence-corrected chi connectivity index (χ0v) is 11.9. The Bertz CT molecular complexity index is 582. The second-order valence-electron chi connectivity index (χ2n) is 3.89. The van der Waals surface area contributed by atoms with Gasteiger partial charge in [-0.1, -0.05) is 18.2 Å². The van der Waals surface area contributed by atoms with Gasteiger partial charge in [0, 0.05) is 9.26 Å². The smallest absolute Gasteiger partial charge is 0.336 e. The summed E-state index contributed by atoms with van der Waals surface area (Å²) in [6, 6.07) is 13.2. The molecule has 0 fully saturated rings.